The molecule has 0 aromatic heterocycles. The highest BCUT2D eigenvalue weighted by Gasteiger charge is 2.51. The summed E-state index contributed by atoms with van der Waals surface area (Å²) in [5.74, 6) is 1.93. The van der Waals surface area contributed by atoms with E-state index in [1.54, 1.807) is 0 Å². The van der Waals surface area contributed by atoms with Gasteiger partial charge in [-0.2, -0.15) is 0 Å². The van der Waals surface area contributed by atoms with Gasteiger partial charge in [-0.3, -0.25) is 4.99 Å². The summed E-state index contributed by atoms with van der Waals surface area (Å²) >= 11 is 1.97. The molecule has 1 atom stereocenters. The first-order chi connectivity index (χ1) is 8.81. The number of guanidine groups is 1. The molecule has 3 aliphatic rings. The summed E-state index contributed by atoms with van der Waals surface area (Å²) in [6.45, 7) is 0.840. The van der Waals surface area contributed by atoms with Crippen LogP contribution in [0.5, 0.6) is 0 Å². The van der Waals surface area contributed by atoms with E-state index < -0.39 is 0 Å². The molecule has 1 aromatic rings. The molecule has 1 fully saturated rings. The second kappa shape index (κ2) is 3.67. The van der Waals surface area contributed by atoms with Gasteiger partial charge in [0, 0.05) is 16.7 Å². The standard InChI is InChI=1S/C14H17N3S/c15-13-16-9-14(17(13)10-5-6-10)7-8-18-12-4-2-1-3-11(12)14/h1-4,10H,5-9H2,(H2,15,16). The first-order valence-corrected chi connectivity index (χ1v) is 7.61. The number of nitrogens with two attached hydrogens (primary N) is 1. The lowest BCUT2D eigenvalue weighted by molar-refractivity contribution is 0.181. The SMILES string of the molecule is NC1=NCC2(CCSc3ccccc32)N1C1CC1. The van der Waals surface area contributed by atoms with Gasteiger partial charge in [0.2, 0.25) is 0 Å². The molecule has 1 saturated carbocycles. The predicted octanol–water partition coefficient (Wildman–Crippen LogP) is 2.17. The van der Waals surface area contributed by atoms with E-state index in [2.05, 4.69) is 34.2 Å². The Bertz CT molecular complexity index is 524. The van der Waals surface area contributed by atoms with Gasteiger partial charge in [0.25, 0.3) is 0 Å². The van der Waals surface area contributed by atoms with E-state index in [1.165, 1.54) is 29.1 Å². The molecule has 4 rings (SSSR count). The normalized spacial score (nSPS) is 30.4. The van der Waals surface area contributed by atoms with Gasteiger partial charge in [-0.15, -0.1) is 11.8 Å². The molecule has 4 heteroatoms. The van der Waals surface area contributed by atoms with Crippen molar-refractivity contribution >= 4 is 17.7 Å². The first-order valence-electron chi connectivity index (χ1n) is 6.63. The third kappa shape index (κ3) is 1.35. The zero-order valence-corrected chi connectivity index (χ0v) is 11.1. The highest BCUT2D eigenvalue weighted by atomic mass is 32.2. The minimum atomic E-state index is 0.0626. The number of fused-ring (bicyclic) bond motifs is 2. The molecule has 2 aliphatic heterocycles. The van der Waals surface area contributed by atoms with E-state index in [-0.39, 0.29) is 5.54 Å². The number of thioether (sulfide) groups is 1. The Hall–Kier alpha value is -1.16. The molecule has 0 amide bonds. The Morgan fingerprint density at radius 2 is 2.17 bits per heavy atom. The average molecular weight is 259 g/mol. The number of hydrogen-bond acceptors (Lipinski definition) is 4. The molecule has 0 radical (unpaired) electrons. The molecule has 1 unspecified atom stereocenters. The van der Waals surface area contributed by atoms with Crippen molar-refractivity contribution in [3.63, 3.8) is 0 Å². The fourth-order valence-electron chi connectivity index (χ4n) is 3.31. The monoisotopic (exact) mass is 259 g/mol. The molecule has 0 saturated heterocycles. The highest BCUT2D eigenvalue weighted by molar-refractivity contribution is 7.99. The second-order valence-corrected chi connectivity index (χ2v) is 6.54. The van der Waals surface area contributed by atoms with Crippen LogP contribution in [-0.2, 0) is 5.54 Å². The summed E-state index contributed by atoms with van der Waals surface area (Å²) in [5.41, 5.74) is 7.66. The molecular weight excluding hydrogens is 242 g/mol. The minimum absolute atomic E-state index is 0.0626. The number of nitrogens with zero attached hydrogens (tertiary/aromatic N) is 2. The molecule has 3 nitrogen and oxygen atoms in total. The van der Waals surface area contributed by atoms with Crippen LogP contribution in [-0.4, -0.2) is 29.2 Å². The summed E-state index contributed by atoms with van der Waals surface area (Å²) in [6, 6.07) is 9.41. The Labute approximate surface area is 111 Å². The quantitative estimate of drug-likeness (QED) is 0.840. The van der Waals surface area contributed by atoms with Gasteiger partial charge in [0.05, 0.1) is 12.1 Å². The van der Waals surface area contributed by atoms with E-state index >= 15 is 0 Å². The van der Waals surface area contributed by atoms with Crippen molar-refractivity contribution in [2.45, 2.75) is 35.7 Å². The van der Waals surface area contributed by atoms with Gasteiger partial charge < -0.3 is 10.6 Å². The van der Waals surface area contributed by atoms with E-state index in [1.807, 2.05) is 11.8 Å². The average Bonchev–Trinajstić information content (AvgIpc) is 3.17. The van der Waals surface area contributed by atoms with Crippen LogP contribution in [0.2, 0.25) is 0 Å². The van der Waals surface area contributed by atoms with Crippen molar-refractivity contribution < 1.29 is 0 Å². The lowest BCUT2D eigenvalue weighted by Gasteiger charge is -2.43. The lowest BCUT2D eigenvalue weighted by atomic mass is 9.85. The fraction of sp³-hybridized carbons (Fsp3) is 0.500. The third-order valence-corrected chi connectivity index (χ3v) is 5.36. The van der Waals surface area contributed by atoms with Crippen LogP contribution in [0.3, 0.4) is 0 Å². The number of hydrogen-bond donors (Lipinski definition) is 1. The maximum Gasteiger partial charge on any atom is 0.192 e. The zero-order valence-electron chi connectivity index (χ0n) is 10.3. The minimum Gasteiger partial charge on any atom is -0.370 e. The van der Waals surface area contributed by atoms with E-state index in [9.17, 15) is 0 Å². The van der Waals surface area contributed by atoms with Crippen molar-refractivity contribution in [1.29, 1.82) is 0 Å². The summed E-state index contributed by atoms with van der Waals surface area (Å²) in [5, 5.41) is 0. The Morgan fingerprint density at radius 3 is 3.00 bits per heavy atom. The third-order valence-electron chi connectivity index (χ3n) is 4.28. The van der Waals surface area contributed by atoms with Crippen LogP contribution in [0.4, 0.5) is 0 Å². The smallest absolute Gasteiger partial charge is 0.192 e. The number of benzene rings is 1. The van der Waals surface area contributed by atoms with E-state index in [0.29, 0.717) is 6.04 Å². The summed E-state index contributed by atoms with van der Waals surface area (Å²) < 4.78 is 0. The molecule has 94 valence electrons. The topological polar surface area (TPSA) is 41.6 Å². The van der Waals surface area contributed by atoms with Gasteiger partial charge in [0.1, 0.15) is 0 Å². The maximum atomic E-state index is 6.15. The van der Waals surface area contributed by atoms with E-state index in [4.69, 9.17) is 5.73 Å². The van der Waals surface area contributed by atoms with Crippen molar-refractivity contribution in [1.82, 2.24) is 4.90 Å². The van der Waals surface area contributed by atoms with Gasteiger partial charge in [0.15, 0.2) is 5.96 Å². The Morgan fingerprint density at radius 1 is 1.33 bits per heavy atom. The molecule has 1 spiro atoms. The van der Waals surface area contributed by atoms with Crippen LogP contribution < -0.4 is 5.73 Å². The van der Waals surface area contributed by atoms with Gasteiger partial charge in [-0.25, -0.2) is 0 Å². The molecule has 1 aliphatic carbocycles. The van der Waals surface area contributed by atoms with Crippen LogP contribution in [0.15, 0.2) is 34.2 Å². The summed E-state index contributed by atoms with van der Waals surface area (Å²) in [4.78, 5) is 8.40. The van der Waals surface area contributed by atoms with Crippen LogP contribution >= 0.6 is 11.8 Å². The van der Waals surface area contributed by atoms with Crippen LogP contribution in [0.25, 0.3) is 0 Å². The van der Waals surface area contributed by atoms with Crippen LogP contribution in [0.1, 0.15) is 24.8 Å². The maximum absolute atomic E-state index is 6.15. The summed E-state index contributed by atoms with van der Waals surface area (Å²) in [7, 11) is 0. The van der Waals surface area contributed by atoms with Crippen LogP contribution in [0, 0.1) is 0 Å². The molecule has 2 heterocycles. The molecule has 1 aromatic carbocycles. The van der Waals surface area contributed by atoms with E-state index in [0.717, 1.165) is 18.9 Å². The van der Waals surface area contributed by atoms with Crippen molar-refractivity contribution in [3.8, 4) is 0 Å². The van der Waals surface area contributed by atoms with Crippen molar-refractivity contribution in [2.75, 3.05) is 12.3 Å². The van der Waals surface area contributed by atoms with Gasteiger partial charge in [-0.05, 0) is 30.9 Å². The van der Waals surface area contributed by atoms with Crippen molar-refractivity contribution in [2.24, 2.45) is 10.7 Å². The first kappa shape index (κ1) is 10.7. The van der Waals surface area contributed by atoms with Crippen molar-refractivity contribution in [3.05, 3.63) is 29.8 Å². The van der Waals surface area contributed by atoms with Gasteiger partial charge in [-0.1, -0.05) is 18.2 Å². The Kier molecular flexibility index (Phi) is 2.19. The lowest BCUT2D eigenvalue weighted by Crippen LogP contribution is -2.52. The predicted molar refractivity (Wildman–Crippen MR) is 74.8 cm³/mol. The van der Waals surface area contributed by atoms with Gasteiger partial charge >= 0.3 is 0 Å². The number of rotatable bonds is 1. The summed E-state index contributed by atoms with van der Waals surface area (Å²) in [6.07, 6.45) is 3.70. The highest BCUT2D eigenvalue weighted by Crippen LogP contribution is 2.49. The second-order valence-electron chi connectivity index (χ2n) is 5.40. The molecule has 18 heavy (non-hydrogen) atoms. The largest absolute Gasteiger partial charge is 0.370 e. The molecular formula is C14H17N3S. The Balaban J connectivity index is 1.85. The zero-order chi connectivity index (χ0) is 12.2. The molecule has 2 N–H and O–H groups in total. The molecule has 0 bridgehead atoms. The fourth-order valence-corrected chi connectivity index (χ4v) is 4.56. The number of aliphatic imine (C=N–C) groups is 1.